The summed E-state index contributed by atoms with van der Waals surface area (Å²) in [4.78, 5) is 12.0. The molecule has 1 atom stereocenters. The Labute approximate surface area is 104 Å². The zero-order valence-electron chi connectivity index (χ0n) is 10.8. The van der Waals surface area contributed by atoms with E-state index in [0.717, 1.165) is 32.4 Å². The summed E-state index contributed by atoms with van der Waals surface area (Å²) >= 11 is 0. The van der Waals surface area contributed by atoms with Gasteiger partial charge in [0.25, 0.3) is 0 Å². The summed E-state index contributed by atoms with van der Waals surface area (Å²) in [6, 6.07) is 0. The zero-order chi connectivity index (χ0) is 12.1. The molecule has 0 radical (unpaired) electrons. The predicted octanol–water partition coefficient (Wildman–Crippen LogP) is 2.14. The van der Waals surface area contributed by atoms with E-state index in [2.05, 4.69) is 16.7 Å². The maximum Gasteiger partial charge on any atom is 0.240 e. The Kier molecular flexibility index (Phi) is 4.21. The van der Waals surface area contributed by atoms with Crippen LogP contribution in [0.3, 0.4) is 0 Å². The number of carbonyl (C=O) groups excluding carboxylic acids is 1. The van der Waals surface area contributed by atoms with Gasteiger partial charge in [-0.15, -0.1) is 0 Å². The first-order chi connectivity index (χ1) is 8.21. The summed E-state index contributed by atoms with van der Waals surface area (Å²) in [5.74, 6) is 0.173. The number of rotatable bonds is 4. The van der Waals surface area contributed by atoms with Crippen molar-refractivity contribution in [2.75, 3.05) is 13.1 Å². The van der Waals surface area contributed by atoms with Crippen molar-refractivity contribution in [1.82, 2.24) is 10.6 Å². The highest BCUT2D eigenvalue weighted by atomic mass is 16.2. The fourth-order valence-electron chi connectivity index (χ4n) is 2.75. The summed E-state index contributed by atoms with van der Waals surface area (Å²) in [5.41, 5.74) is 1.21. The Morgan fingerprint density at radius 1 is 1.47 bits per heavy atom. The molecule has 1 amide bonds. The lowest BCUT2D eigenvalue weighted by molar-refractivity contribution is -0.126. The number of hydrogen-bond donors (Lipinski definition) is 2. The highest BCUT2D eigenvalue weighted by Gasteiger charge is 2.35. The molecular weight excluding hydrogens is 212 g/mol. The number of hydrogen-bond acceptors (Lipinski definition) is 2. The molecule has 2 N–H and O–H groups in total. The molecule has 0 saturated carbocycles. The van der Waals surface area contributed by atoms with Crippen LogP contribution in [0.15, 0.2) is 11.6 Å². The molecular formula is C14H24N2O. The van der Waals surface area contributed by atoms with E-state index in [0.29, 0.717) is 0 Å². The third-order valence-electron chi connectivity index (χ3n) is 3.99. The molecule has 1 fully saturated rings. The Hall–Kier alpha value is -0.830. The average molecular weight is 236 g/mol. The van der Waals surface area contributed by atoms with E-state index in [9.17, 15) is 4.79 Å². The fraction of sp³-hybridized carbons (Fsp3) is 0.786. The molecule has 3 nitrogen and oxygen atoms in total. The molecule has 0 aromatic rings. The fourth-order valence-corrected chi connectivity index (χ4v) is 2.75. The quantitative estimate of drug-likeness (QED) is 0.734. The van der Waals surface area contributed by atoms with Crippen LogP contribution in [0.5, 0.6) is 0 Å². The van der Waals surface area contributed by atoms with Crippen LogP contribution in [-0.4, -0.2) is 24.5 Å². The van der Waals surface area contributed by atoms with Crippen molar-refractivity contribution in [1.29, 1.82) is 0 Å². The molecule has 0 aromatic heterocycles. The molecule has 0 aromatic carbocycles. The van der Waals surface area contributed by atoms with Gasteiger partial charge >= 0.3 is 0 Å². The van der Waals surface area contributed by atoms with E-state index >= 15 is 0 Å². The first-order valence-corrected chi connectivity index (χ1v) is 6.92. The zero-order valence-corrected chi connectivity index (χ0v) is 10.8. The van der Waals surface area contributed by atoms with Crippen LogP contribution in [0.2, 0.25) is 0 Å². The maximum absolute atomic E-state index is 12.0. The minimum atomic E-state index is -0.319. The molecule has 96 valence electrons. The molecule has 1 aliphatic carbocycles. The molecule has 0 spiro atoms. The number of allylic oxidation sites excluding steroid dienone is 1. The summed E-state index contributed by atoms with van der Waals surface area (Å²) in [6.45, 7) is 3.77. The van der Waals surface area contributed by atoms with Gasteiger partial charge in [0.1, 0.15) is 0 Å². The monoisotopic (exact) mass is 236 g/mol. The molecule has 17 heavy (non-hydrogen) atoms. The van der Waals surface area contributed by atoms with Crippen LogP contribution >= 0.6 is 0 Å². The Bertz CT molecular complexity index is 303. The summed E-state index contributed by atoms with van der Waals surface area (Å²) < 4.78 is 0. The van der Waals surface area contributed by atoms with Crippen molar-refractivity contribution in [2.45, 2.75) is 57.4 Å². The molecule has 1 saturated heterocycles. The van der Waals surface area contributed by atoms with Gasteiger partial charge in [-0.1, -0.05) is 11.6 Å². The van der Waals surface area contributed by atoms with E-state index in [1.807, 2.05) is 6.92 Å². The van der Waals surface area contributed by atoms with Gasteiger partial charge in [-0.2, -0.15) is 0 Å². The molecule has 0 bridgehead atoms. The number of amides is 1. The molecule has 2 aliphatic rings. The van der Waals surface area contributed by atoms with Gasteiger partial charge in [0.2, 0.25) is 5.91 Å². The van der Waals surface area contributed by atoms with Crippen molar-refractivity contribution in [2.24, 2.45) is 0 Å². The van der Waals surface area contributed by atoms with Crippen molar-refractivity contribution in [3.63, 3.8) is 0 Å². The highest BCUT2D eigenvalue weighted by Crippen LogP contribution is 2.20. The minimum absolute atomic E-state index is 0.173. The molecule has 3 heteroatoms. The van der Waals surface area contributed by atoms with Crippen LogP contribution in [0.1, 0.15) is 51.9 Å². The van der Waals surface area contributed by atoms with Gasteiger partial charge in [-0.05, 0) is 58.4 Å². The second kappa shape index (κ2) is 5.67. The van der Waals surface area contributed by atoms with E-state index in [4.69, 9.17) is 0 Å². The third-order valence-corrected chi connectivity index (χ3v) is 3.99. The molecule has 2 rings (SSSR count). The van der Waals surface area contributed by atoms with Crippen molar-refractivity contribution >= 4 is 5.91 Å². The lowest BCUT2D eigenvalue weighted by Gasteiger charge is -2.23. The van der Waals surface area contributed by atoms with E-state index < -0.39 is 0 Å². The van der Waals surface area contributed by atoms with Crippen LogP contribution in [0.25, 0.3) is 0 Å². The summed E-state index contributed by atoms with van der Waals surface area (Å²) in [5, 5.41) is 6.36. The van der Waals surface area contributed by atoms with Crippen molar-refractivity contribution in [3.8, 4) is 0 Å². The number of carbonyl (C=O) groups is 1. The lowest BCUT2D eigenvalue weighted by Crippen LogP contribution is -2.51. The van der Waals surface area contributed by atoms with Crippen LogP contribution in [0.4, 0.5) is 0 Å². The normalized spacial score (nSPS) is 28.9. The first kappa shape index (κ1) is 12.6. The average Bonchev–Trinajstić information content (AvgIpc) is 2.79. The van der Waals surface area contributed by atoms with Crippen molar-refractivity contribution in [3.05, 3.63) is 11.6 Å². The largest absolute Gasteiger partial charge is 0.354 e. The molecule has 1 unspecified atom stereocenters. The van der Waals surface area contributed by atoms with Gasteiger partial charge in [-0.3, -0.25) is 4.79 Å². The SMILES string of the molecule is CC1(C(=O)NCCC2=CCCCC2)CCCN1. The Morgan fingerprint density at radius 2 is 2.35 bits per heavy atom. The first-order valence-electron chi connectivity index (χ1n) is 6.92. The smallest absolute Gasteiger partial charge is 0.240 e. The summed E-state index contributed by atoms with van der Waals surface area (Å²) in [6.07, 6.45) is 10.6. The third kappa shape index (κ3) is 3.32. The minimum Gasteiger partial charge on any atom is -0.354 e. The van der Waals surface area contributed by atoms with Gasteiger partial charge < -0.3 is 10.6 Å². The lowest BCUT2D eigenvalue weighted by atomic mass is 9.96. The predicted molar refractivity (Wildman–Crippen MR) is 69.8 cm³/mol. The van der Waals surface area contributed by atoms with Gasteiger partial charge in [0.15, 0.2) is 0 Å². The van der Waals surface area contributed by atoms with E-state index in [1.54, 1.807) is 0 Å². The van der Waals surface area contributed by atoms with Crippen LogP contribution < -0.4 is 10.6 Å². The second-order valence-corrected chi connectivity index (χ2v) is 5.48. The summed E-state index contributed by atoms with van der Waals surface area (Å²) in [7, 11) is 0. The van der Waals surface area contributed by atoms with Crippen LogP contribution in [-0.2, 0) is 4.79 Å². The standard InChI is InChI=1S/C14H24N2O/c1-14(9-5-10-16-14)13(17)15-11-8-12-6-3-2-4-7-12/h6,16H,2-5,7-11H2,1H3,(H,15,17). The van der Waals surface area contributed by atoms with E-state index in [1.165, 1.54) is 31.3 Å². The second-order valence-electron chi connectivity index (χ2n) is 5.48. The Balaban J connectivity index is 1.71. The maximum atomic E-state index is 12.0. The van der Waals surface area contributed by atoms with Gasteiger partial charge in [0, 0.05) is 6.54 Å². The van der Waals surface area contributed by atoms with Gasteiger partial charge in [0.05, 0.1) is 5.54 Å². The van der Waals surface area contributed by atoms with Crippen LogP contribution in [0, 0.1) is 0 Å². The molecule has 1 heterocycles. The Morgan fingerprint density at radius 3 is 3.00 bits per heavy atom. The molecule has 1 aliphatic heterocycles. The highest BCUT2D eigenvalue weighted by molar-refractivity contribution is 5.86. The van der Waals surface area contributed by atoms with E-state index in [-0.39, 0.29) is 11.4 Å². The van der Waals surface area contributed by atoms with Gasteiger partial charge in [-0.25, -0.2) is 0 Å². The topological polar surface area (TPSA) is 41.1 Å². The number of nitrogens with one attached hydrogen (secondary N) is 2. The van der Waals surface area contributed by atoms with Crippen molar-refractivity contribution < 1.29 is 4.79 Å².